The molecule has 0 spiro atoms. The van der Waals surface area contributed by atoms with Crippen molar-refractivity contribution in [3.63, 3.8) is 0 Å². The van der Waals surface area contributed by atoms with Crippen molar-refractivity contribution < 1.29 is 19.8 Å². The zero-order valence-corrected chi connectivity index (χ0v) is 24.8. The quantitative estimate of drug-likeness (QED) is 0.226. The predicted molar refractivity (Wildman–Crippen MR) is 157 cm³/mol. The first-order chi connectivity index (χ1) is 19.2. The SMILES string of the molecule is C=C1C(=CC=C2CCC[C@]3(C)[C@@H]([C@H](C)C=C[C@@H](O)C4(c5nc(CCCCC)no5)CC4)CC[C@@H]23)C[C@@H](O)C[C@@H]1O. The van der Waals surface area contributed by atoms with E-state index in [1.54, 1.807) is 0 Å². The van der Waals surface area contributed by atoms with Crippen LogP contribution in [0.4, 0.5) is 0 Å². The molecule has 0 unspecified atom stereocenters. The third kappa shape index (κ3) is 5.82. The van der Waals surface area contributed by atoms with Crippen molar-refractivity contribution in [2.45, 2.75) is 128 Å². The zero-order chi connectivity index (χ0) is 28.5. The number of aromatic nitrogens is 2. The van der Waals surface area contributed by atoms with Crippen LogP contribution in [-0.4, -0.2) is 43.8 Å². The average molecular weight is 551 g/mol. The van der Waals surface area contributed by atoms with Crippen LogP contribution in [0.25, 0.3) is 0 Å². The minimum absolute atomic E-state index is 0.233. The van der Waals surface area contributed by atoms with Crippen molar-refractivity contribution in [1.82, 2.24) is 10.1 Å². The van der Waals surface area contributed by atoms with E-state index in [-0.39, 0.29) is 5.41 Å². The lowest BCUT2D eigenvalue weighted by atomic mass is 9.61. The van der Waals surface area contributed by atoms with Gasteiger partial charge in [-0.1, -0.05) is 75.2 Å². The Bertz CT molecular complexity index is 1140. The van der Waals surface area contributed by atoms with Crippen molar-refractivity contribution in [3.8, 4) is 0 Å². The number of unbranched alkanes of at least 4 members (excludes halogenated alkanes) is 2. The molecule has 6 heteroatoms. The number of aliphatic hydroxyl groups is 3. The van der Waals surface area contributed by atoms with E-state index in [0.29, 0.717) is 36.5 Å². The van der Waals surface area contributed by atoms with Crippen molar-refractivity contribution >= 4 is 0 Å². The molecule has 4 fully saturated rings. The Morgan fingerprint density at radius 2 is 1.93 bits per heavy atom. The van der Waals surface area contributed by atoms with E-state index in [1.807, 2.05) is 6.08 Å². The molecular weight excluding hydrogens is 500 g/mol. The van der Waals surface area contributed by atoms with Crippen LogP contribution in [0, 0.1) is 23.2 Å². The van der Waals surface area contributed by atoms with Gasteiger partial charge in [0.05, 0.1) is 23.7 Å². The molecule has 220 valence electrons. The molecule has 7 atom stereocenters. The number of allylic oxidation sites excluding steroid dienone is 4. The number of hydrogen-bond donors (Lipinski definition) is 3. The lowest BCUT2D eigenvalue weighted by Gasteiger charge is -2.44. The van der Waals surface area contributed by atoms with Gasteiger partial charge in [-0.05, 0) is 92.1 Å². The Morgan fingerprint density at radius 3 is 2.67 bits per heavy atom. The fraction of sp³-hybridized carbons (Fsp3) is 0.706. The molecule has 1 aromatic rings. The molecule has 0 aliphatic heterocycles. The van der Waals surface area contributed by atoms with Gasteiger partial charge in [0.1, 0.15) is 0 Å². The Hall–Kier alpha value is -2.02. The molecule has 0 saturated heterocycles. The van der Waals surface area contributed by atoms with Gasteiger partial charge in [-0.15, -0.1) is 0 Å². The van der Waals surface area contributed by atoms with Crippen LogP contribution >= 0.6 is 0 Å². The van der Waals surface area contributed by atoms with E-state index < -0.39 is 23.7 Å². The lowest BCUT2D eigenvalue weighted by Crippen LogP contribution is -2.35. The molecule has 40 heavy (non-hydrogen) atoms. The minimum atomic E-state index is -0.647. The monoisotopic (exact) mass is 550 g/mol. The van der Waals surface area contributed by atoms with Crippen LogP contribution in [0.3, 0.4) is 0 Å². The van der Waals surface area contributed by atoms with E-state index in [4.69, 9.17) is 4.52 Å². The van der Waals surface area contributed by atoms with Crippen LogP contribution in [0.5, 0.6) is 0 Å². The van der Waals surface area contributed by atoms with Gasteiger partial charge < -0.3 is 19.8 Å². The van der Waals surface area contributed by atoms with E-state index in [2.05, 4.69) is 55.7 Å². The molecule has 0 amide bonds. The number of aliphatic hydroxyl groups excluding tert-OH is 3. The van der Waals surface area contributed by atoms with Gasteiger partial charge in [-0.2, -0.15) is 4.98 Å². The van der Waals surface area contributed by atoms with Crippen molar-refractivity contribution in [1.29, 1.82) is 0 Å². The van der Waals surface area contributed by atoms with E-state index in [0.717, 1.165) is 55.5 Å². The maximum absolute atomic E-state index is 11.2. The number of hydrogen-bond acceptors (Lipinski definition) is 6. The predicted octanol–water partition coefficient (Wildman–Crippen LogP) is 6.53. The summed E-state index contributed by atoms with van der Waals surface area (Å²) in [4.78, 5) is 4.66. The van der Waals surface area contributed by atoms with E-state index >= 15 is 0 Å². The van der Waals surface area contributed by atoms with Gasteiger partial charge in [-0.25, -0.2) is 0 Å². The van der Waals surface area contributed by atoms with E-state index in [1.165, 1.54) is 37.7 Å². The number of aryl methyl sites for hydroxylation is 1. The third-order valence-electron chi connectivity index (χ3n) is 10.8. The van der Waals surface area contributed by atoms with Crippen molar-refractivity contribution in [2.75, 3.05) is 0 Å². The highest BCUT2D eigenvalue weighted by Gasteiger charge is 2.55. The highest BCUT2D eigenvalue weighted by Crippen LogP contribution is 2.60. The number of fused-ring (bicyclic) bond motifs is 1. The summed E-state index contributed by atoms with van der Waals surface area (Å²) in [7, 11) is 0. The maximum Gasteiger partial charge on any atom is 0.235 e. The normalized spacial score (nSPS) is 35.4. The summed E-state index contributed by atoms with van der Waals surface area (Å²) in [6.07, 6.45) is 19.8. The molecule has 4 aliphatic rings. The Morgan fingerprint density at radius 1 is 1.12 bits per heavy atom. The Labute approximate surface area is 240 Å². The standard InChI is InChI=1S/C34H50N2O4/c1-5-6-7-10-31-35-32(40-36-31)34(18-19-34)30(39)16-11-22(2)27-14-15-28-24(9-8-17-33(27,28)4)12-13-25-20-26(37)21-29(38)23(25)3/h11-13,16,22,26-30,37-39H,3,5-10,14-15,17-21H2,1-2,4H3/t22-,26-,27-,28+,29+,30-,33-/m1/s1. The summed E-state index contributed by atoms with van der Waals surface area (Å²) in [5.41, 5.74) is 3.06. The Kier molecular flexibility index (Phi) is 8.89. The molecule has 3 N–H and O–H groups in total. The van der Waals surface area contributed by atoms with Crippen LogP contribution in [0.2, 0.25) is 0 Å². The largest absolute Gasteiger partial charge is 0.393 e. The molecule has 6 nitrogen and oxygen atoms in total. The third-order valence-corrected chi connectivity index (χ3v) is 10.8. The fourth-order valence-corrected chi connectivity index (χ4v) is 8.07. The zero-order valence-electron chi connectivity index (χ0n) is 24.8. The highest BCUT2D eigenvalue weighted by molar-refractivity contribution is 5.38. The van der Waals surface area contributed by atoms with Crippen LogP contribution < -0.4 is 0 Å². The molecule has 0 aromatic carbocycles. The van der Waals surface area contributed by atoms with Crippen molar-refractivity contribution in [2.24, 2.45) is 23.2 Å². The second kappa shape index (κ2) is 12.1. The molecule has 4 aliphatic carbocycles. The summed E-state index contributed by atoms with van der Waals surface area (Å²) in [5, 5.41) is 35.8. The molecule has 0 radical (unpaired) electrons. The first-order valence-corrected chi connectivity index (χ1v) is 15.8. The second-order valence-electron chi connectivity index (χ2n) is 13.5. The Balaban J connectivity index is 1.24. The number of rotatable bonds is 10. The first-order valence-electron chi connectivity index (χ1n) is 15.8. The van der Waals surface area contributed by atoms with Crippen LogP contribution in [0.15, 0.2) is 52.1 Å². The number of nitrogens with zero attached hydrogens (tertiary/aromatic N) is 2. The summed E-state index contributed by atoms with van der Waals surface area (Å²) < 4.78 is 5.63. The summed E-state index contributed by atoms with van der Waals surface area (Å²) in [5.74, 6) is 2.85. The van der Waals surface area contributed by atoms with Crippen LogP contribution in [0.1, 0.15) is 110 Å². The first kappa shape index (κ1) is 29.5. The van der Waals surface area contributed by atoms with Crippen molar-refractivity contribution in [3.05, 3.63) is 59.3 Å². The molecule has 5 rings (SSSR count). The van der Waals surface area contributed by atoms with Gasteiger partial charge >= 0.3 is 0 Å². The lowest BCUT2D eigenvalue weighted by molar-refractivity contribution is 0.0862. The van der Waals surface area contributed by atoms with Gasteiger partial charge in [0.15, 0.2) is 5.82 Å². The molecule has 1 aromatic heterocycles. The fourth-order valence-electron chi connectivity index (χ4n) is 8.07. The molecule has 0 bridgehead atoms. The molecular formula is C34H50N2O4. The second-order valence-corrected chi connectivity index (χ2v) is 13.5. The maximum atomic E-state index is 11.2. The summed E-state index contributed by atoms with van der Waals surface area (Å²) in [6, 6.07) is 0. The highest BCUT2D eigenvalue weighted by atomic mass is 16.5. The molecule has 4 saturated carbocycles. The van der Waals surface area contributed by atoms with Gasteiger partial charge in [-0.3, -0.25) is 0 Å². The molecule has 1 heterocycles. The summed E-state index contributed by atoms with van der Waals surface area (Å²) >= 11 is 0. The topological polar surface area (TPSA) is 99.6 Å². The minimum Gasteiger partial charge on any atom is -0.393 e. The summed E-state index contributed by atoms with van der Waals surface area (Å²) in [6.45, 7) is 11.1. The smallest absolute Gasteiger partial charge is 0.235 e. The van der Waals surface area contributed by atoms with Crippen LogP contribution in [-0.2, 0) is 11.8 Å². The van der Waals surface area contributed by atoms with Gasteiger partial charge in [0.2, 0.25) is 5.89 Å². The van der Waals surface area contributed by atoms with E-state index in [9.17, 15) is 15.3 Å². The van der Waals surface area contributed by atoms with Gasteiger partial charge in [0, 0.05) is 12.8 Å². The average Bonchev–Trinajstić information content (AvgIpc) is 3.46. The van der Waals surface area contributed by atoms with Gasteiger partial charge in [0.25, 0.3) is 0 Å².